The van der Waals surface area contributed by atoms with E-state index in [1.807, 2.05) is 6.92 Å². The molecular weight excluding hydrogens is 330 g/mol. The number of carbonyl (C=O) groups is 1. The van der Waals surface area contributed by atoms with Crippen molar-refractivity contribution in [1.29, 1.82) is 0 Å². The summed E-state index contributed by atoms with van der Waals surface area (Å²) < 4.78 is 28.1. The third-order valence-corrected chi connectivity index (χ3v) is 5.16. The van der Waals surface area contributed by atoms with Gasteiger partial charge in [-0.25, -0.2) is 13.2 Å². The van der Waals surface area contributed by atoms with Crippen LogP contribution in [0.2, 0.25) is 0 Å². The first-order valence-electron chi connectivity index (χ1n) is 7.23. The zero-order chi connectivity index (χ0) is 17.3. The maximum atomic E-state index is 12.8. The zero-order valence-corrected chi connectivity index (χ0v) is 13.6. The highest BCUT2D eigenvalue weighted by molar-refractivity contribution is 7.92. The number of sulfonamides is 1. The molecule has 0 saturated carbocycles. The SMILES string of the molecule is CCc1ccc(C(=O)O)cc1S(=O)(=O)Nc1cccc2[nH]ncc12. The number of aromatic carboxylic acids is 1. The molecule has 0 radical (unpaired) electrons. The summed E-state index contributed by atoms with van der Waals surface area (Å²) in [6, 6.07) is 9.21. The van der Waals surface area contributed by atoms with Gasteiger partial charge in [-0.15, -0.1) is 0 Å². The van der Waals surface area contributed by atoms with Gasteiger partial charge in [-0.05, 0) is 36.2 Å². The number of hydrogen-bond donors (Lipinski definition) is 3. The predicted octanol–water partition coefficient (Wildman–Crippen LogP) is 2.62. The number of H-pyrrole nitrogens is 1. The van der Waals surface area contributed by atoms with Gasteiger partial charge in [-0.1, -0.05) is 19.1 Å². The first kappa shape index (κ1) is 16.0. The predicted molar refractivity (Wildman–Crippen MR) is 89.7 cm³/mol. The van der Waals surface area contributed by atoms with E-state index in [1.54, 1.807) is 18.2 Å². The molecular formula is C16H15N3O4S. The van der Waals surface area contributed by atoms with Crippen LogP contribution in [0, 0.1) is 0 Å². The van der Waals surface area contributed by atoms with Crippen LogP contribution < -0.4 is 4.72 Å². The number of fused-ring (bicyclic) bond motifs is 1. The van der Waals surface area contributed by atoms with Crippen molar-refractivity contribution in [3.8, 4) is 0 Å². The van der Waals surface area contributed by atoms with Gasteiger partial charge in [0.15, 0.2) is 0 Å². The van der Waals surface area contributed by atoms with Crippen molar-refractivity contribution in [2.75, 3.05) is 4.72 Å². The number of rotatable bonds is 5. The highest BCUT2D eigenvalue weighted by Crippen LogP contribution is 2.26. The van der Waals surface area contributed by atoms with Gasteiger partial charge in [-0.3, -0.25) is 9.82 Å². The Labute approximate surface area is 138 Å². The molecule has 7 nitrogen and oxygen atoms in total. The standard InChI is InChI=1S/C16H15N3O4S/c1-2-10-6-7-11(16(20)21)8-15(10)24(22,23)19-14-5-3-4-13-12(14)9-17-18-13/h3-9,19H,2H2,1H3,(H,17,18)(H,20,21). The molecule has 0 unspecified atom stereocenters. The molecule has 0 amide bonds. The molecule has 1 heterocycles. The van der Waals surface area contributed by atoms with E-state index in [-0.39, 0.29) is 10.5 Å². The molecule has 0 atom stereocenters. The van der Waals surface area contributed by atoms with Crippen LogP contribution in [0.3, 0.4) is 0 Å². The quantitative estimate of drug-likeness (QED) is 0.658. The Balaban J connectivity index is 2.09. The maximum Gasteiger partial charge on any atom is 0.335 e. The lowest BCUT2D eigenvalue weighted by Crippen LogP contribution is -2.16. The van der Waals surface area contributed by atoms with Crippen molar-refractivity contribution >= 4 is 32.6 Å². The Morgan fingerprint density at radius 2 is 2.08 bits per heavy atom. The minimum absolute atomic E-state index is 0.0367. The van der Waals surface area contributed by atoms with Gasteiger partial charge in [0, 0.05) is 5.39 Å². The number of anilines is 1. The molecule has 0 aliphatic rings. The number of carboxylic acids is 1. The van der Waals surface area contributed by atoms with E-state index in [0.717, 1.165) is 0 Å². The fourth-order valence-corrected chi connectivity index (χ4v) is 3.90. The van der Waals surface area contributed by atoms with Crippen molar-refractivity contribution in [3.05, 3.63) is 53.7 Å². The molecule has 0 aliphatic carbocycles. The number of aryl methyl sites for hydroxylation is 1. The van der Waals surface area contributed by atoms with E-state index in [2.05, 4.69) is 14.9 Å². The molecule has 0 spiro atoms. The second kappa shape index (κ2) is 5.97. The summed E-state index contributed by atoms with van der Waals surface area (Å²) in [4.78, 5) is 11.1. The molecule has 3 aromatic rings. The molecule has 0 saturated heterocycles. The fourth-order valence-electron chi connectivity index (χ4n) is 2.49. The van der Waals surface area contributed by atoms with E-state index in [1.165, 1.54) is 24.4 Å². The summed E-state index contributed by atoms with van der Waals surface area (Å²) in [7, 11) is -3.94. The lowest BCUT2D eigenvalue weighted by molar-refractivity contribution is 0.0696. The van der Waals surface area contributed by atoms with Crippen molar-refractivity contribution in [2.45, 2.75) is 18.2 Å². The lowest BCUT2D eigenvalue weighted by Gasteiger charge is -2.13. The number of nitrogens with zero attached hydrogens (tertiary/aromatic N) is 1. The van der Waals surface area contributed by atoms with Crippen LogP contribution in [0.25, 0.3) is 10.9 Å². The van der Waals surface area contributed by atoms with Crippen LogP contribution in [-0.4, -0.2) is 29.7 Å². The average Bonchev–Trinajstić information content (AvgIpc) is 3.03. The number of carboxylic acid groups (broad SMARTS) is 1. The third-order valence-electron chi connectivity index (χ3n) is 3.71. The topological polar surface area (TPSA) is 112 Å². The highest BCUT2D eigenvalue weighted by Gasteiger charge is 2.21. The summed E-state index contributed by atoms with van der Waals surface area (Å²) in [5.41, 5.74) is 1.55. The summed E-state index contributed by atoms with van der Waals surface area (Å²) in [6.07, 6.45) is 1.99. The second-order valence-corrected chi connectivity index (χ2v) is 6.87. The van der Waals surface area contributed by atoms with E-state index >= 15 is 0 Å². The van der Waals surface area contributed by atoms with Crippen LogP contribution in [0.1, 0.15) is 22.8 Å². The fraction of sp³-hybridized carbons (Fsp3) is 0.125. The van der Waals surface area contributed by atoms with Crippen LogP contribution >= 0.6 is 0 Å². The highest BCUT2D eigenvalue weighted by atomic mass is 32.2. The minimum Gasteiger partial charge on any atom is -0.478 e. The van der Waals surface area contributed by atoms with Crippen LogP contribution in [0.15, 0.2) is 47.5 Å². The molecule has 0 fully saturated rings. The van der Waals surface area contributed by atoms with Gasteiger partial charge in [0.05, 0.1) is 27.9 Å². The Morgan fingerprint density at radius 3 is 2.79 bits per heavy atom. The Morgan fingerprint density at radius 1 is 1.29 bits per heavy atom. The third kappa shape index (κ3) is 2.83. The molecule has 0 aliphatic heterocycles. The van der Waals surface area contributed by atoms with E-state index in [0.29, 0.717) is 28.6 Å². The first-order valence-corrected chi connectivity index (χ1v) is 8.72. The molecule has 3 N–H and O–H groups in total. The lowest BCUT2D eigenvalue weighted by atomic mass is 10.1. The minimum atomic E-state index is -3.94. The van der Waals surface area contributed by atoms with E-state index in [4.69, 9.17) is 5.11 Å². The maximum absolute atomic E-state index is 12.8. The molecule has 3 rings (SSSR count). The van der Waals surface area contributed by atoms with Gasteiger partial charge in [0.2, 0.25) is 0 Å². The van der Waals surface area contributed by atoms with Gasteiger partial charge in [0.1, 0.15) is 0 Å². The first-order chi connectivity index (χ1) is 11.4. The Hall–Kier alpha value is -2.87. The Bertz CT molecular complexity index is 1020. The zero-order valence-electron chi connectivity index (χ0n) is 12.8. The molecule has 124 valence electrons. The number of hydrogen-bond acceptors (Lipinski definition) is 4. The smallest absolute Gasteiger partial charge is 0.335 e. The Kier molecular flexibility index (Phi) is 3.98. The summed E-state index contributed by atoms with van der Waals surface area (Å²) >= 11 is 0. The largest absolute Gasteiger partial charge is 0.478 e. The van der Waals surface area contributed by atoms with Gasteiger partial charge in [-0.2, -0.15) is 5.10 Å². The van der Waals surface area contributed by atoms with Crippen molar-refractivity contribution in [3.63, 3.8) is 0 Å². The van der Waals surface area contributed by atoms with Crippen LogP contribution in [0.5, 0.6) is 0 Å². The van der Waals surface area contributed by atoms with Crippen molar-refractivity contribution in [2.24, 2.45) is 0 Å². The van der Waals surface area contributed by atoms with Crippen molar-refractivity contribution in [1.82, 2.24) is 10.2 Å². The molecule has 1 aromatic heterocycles. The number of aromatic amines is 1. The van der Waals surface area contributed by atoms with Crippen molar-refractivity contribution < 1.29 is 18.3 Å². The number of aromatic nitrogens is 2. The monoisotopic (exact) mass is 345 g/mol. The molecule has 24 heavy (non-hydrogen) atoms. The van der Waals surface area contributed by atoms with Crippen LogP contribution in [-0.2, 0) is 16.4 Å². The number of benzene rings is 2. The summed E-state index contributed by atoms with van der Waals surface area (Å²) in [5, 5.41) is 16.4. The summed E-state index contributed by atoms with van der Waals surface area (Å²) in [5.74, 6) is -1.17. The average molecular weight is 345 g/mol. The van der Waals surface area contributed by atoms with Gasteiger partial charge < -0.3 is 5.11 Å². The van der Waals surface area contributed by atoms with Crippen LogP contribution in [0.4, 0.5) is 5.69 Å². The molecule has 0 bridgehead atoms. The normalized spacial score (nSPS) is 11.5. The van der Waals surface area contributed by atoms with Gasteiger partial charge in [0.25, 0.3) is 10.0 Å². The summed E-state index contributed by atoms with van der Waals surface area (Å²) in [6.45, 7) is 1.81. The molecule has 8 heteroatoms. The van der Waals surface area contributed by atoms with E-state index < -0.39 is 16.0 Å². The second-order valence-electron chi connectivity index (χ2n) is 5.22. The molecule has 2 aromatic carbocycles. The van der Waals surface area contributed by atoms with Gasteiger partial charge >= 0.3 is 5.97 Å². The number of nitrogens with one attached hydrogen (secondary N) is 2. The van der Waals surface area contributed by atoms with E-state index in [9.17, 15) is 13.2 Å².